The molecule has 2 amide bonds. The quantitative estimate of drug-likeness (QED) is 0.813. The van der Waals surface area contributed by atoms with E-state index in [0.29, 0.717) is 36.6 Å². The molecule has 0 atom stereocenters. The van der Waals surface area contributed by atoms with Gasteiger partial charge in [0.25, 0.3) is 5.91 Å². The minimum atomic E-state index is -0.319. The fourth-order valence-electron chi connectivity index (χ4n) is 2.56. The number of pyridine rings is 1. The lowest BCUT2D eigenvalue weighted by molar-refractivity contribution is -0.119. The van der Waals surface area contributed by atoms with Crippen LogP contribution in [0.25, 0.3) is 0 Å². The number of nitrogens with one attached hydrogen (secondary N) is 1. The maximum absolute atomic E-state index is 12.9. The first-order valence-corrected chi connectivity index (χ1v) is 8.00. The number of rotatable bonds is 6. The predicted octanol–water partition coefficient (Wildman–Crippen LogP) is 1.99. The van der Waals surface area contributed by atoms with Crippen LogP contribution in [0.3, 0.4) is 0 Å². The highest BCUT2D eigenvalue weighted by Crippen LogP contribution is 2.37. The Morgan fingerprint density at radius 2 is 2.12 bits per heavy atom. The summed E-state index contributed by atoms with van der Waals surface area (Å²) in [7, 11) is 1.61. The van der Waals surface area contributed by atoms with E-state index in [-0.39, 0.29) is 24.2 Å². The molecule has 0 saturated heterocycles. The van der Waals surface area contributed by atoms with Gasteiger partial charge in [0.05, 0.1) is 5.69 Å². The number of nitrogens with zero attached hydrogens (tertiary/aromatic N) is 2. The third-order valence-electron chi connectivity index (χ3n) is 3.76. The van der Waals surface area contributed by atoms with Crippen LogP contribution < -0.4 is 15.0 Å². The van der Waals surface area contributed by atoms with Crippen molar-refractivity contribution in [1.29, 1.82) is 0 Å². The van der Waals surface area contributed by atoms with Gasteiger partial charge in [0.1, 0.15) is 12.1 Å². The summed E-state index contributed by atoms with van der Waals surface area (Å²) in [5, 5.41) is 2.79. The van der Waals surface area contributed by atoms with Crippen molar-refractivity contribution >= 4 is 17.5 Å². The fourth-order valence-corrected chi connectivity index (χ4v) is 2.56. The first kappa shape index (κ1) is 16.9. The van der Waals surface area contributed by atoms with E-state index in [9.17, 15) is 9.59 Å². The van der Waals surface area contributed by atoms with Gasteiger partial charge in [-0.3, -0.25) is 14.5 Å². The van der Waals surface area contributed by atoms with Crippen LogP contribution in [0.1, 0.15) is 16.8 Å². The van der Waals surface area contributed by atoms with E-state index in [0.717, 1.165) is 0 Å². The van der Waals surface area contributed by atoms with Crippen LogP contribution in [0.4, 0.5) is 5.69 Å². The normalized spacial score (nSPS) is 12.7. The number of methoxy groups -OCH3 is 1. The third kappa shape index (κ3) is 3.77. The molecule has 3 rings (SSSR count). The van der Waals surface area contributed by atoms with Crippen LogP contribution >= 0.6 is 0 Å². The number of carbonyl (C=O) groups is 2. The van der Waals surface area contributed by atoms with E-state index in [4.69, 9.17) is 9.47 Å². The SMILES string of the molecule is COCCCNC(=O)CN1C(=O)c2cccnc2Oc2ccccc21. The molecule has 1 N–H and O–H groups in total. The third-order valence-corrected chi connectivity index (χ3v) is 3.76. The molecule has 7 nitrogen and oxygen atoms in total. The van der Waals surface area contributed by atoms with E-state index in [2.05, 4.69) is 10.3 Å². The van der Waals surface area contributed by atoms with E-state index in [1.54, 1.807) is 49.7 Å². The van der Waals surface area contributed by atoms with Crippen LogP contribution in [0.15, 0.2) is 42.6 Å². The Morgan fingerprint density at radius 3 is 2.96 bits per heavy atom. The molecule has 0 fully saturated rings. The standard InChI is InChI=1S/C18H19N3O4/c1-24-11-5-10-19-16(22)12-21-14-7-2-3-8-15(14)25-17-13(18(21)23)6-4-9-20-17/h2-4,6-9H,5,10-12H2,1H3,(H,19,22). The Bertz CT molecular complexity index is 778. The number of hydrogen-bond donors (Lipinski definition) is 1. The molecule has 1 aromatic heterocycles. The minimum absolute atomic E-state index is 0.0967. The zero-order valence-corrected chi connectivity index (χ0v) is 13.9. The second kappa shape index (κ2) is 7.76. The molecule has 0 aliphatic carbocycles. The summed E-state index contributed by atoms with van der Waals surface area (Å²) in [6.45, 7) is 0.962. The van der Waals surface area contributed by atoms with Gasteiger partial charge in [-0.05, 0) is 30.7 Å². The monoisotopic (exact) mass is 341 g/mol. The molecular formula is C18H19N3O4. The molecule has 0 radical (unpaired) electrons. The Kier molecular flexibility index (Phi) is 5.25. The van der Waals surface area contributed by atoms with E-state index < -0.39 is 0 Å². The van der Waals surface area contributed by atoms with Crippen molar-refractivity contribution in [1.82, 2.24) is 10.3 Å². The molecule has 2 aromatic rings. The van der Waals surface area contributed by atoms with Crippen LogP contribution in [0.5, 0.6) is 11.6 Å². The largest absolute Gasteiger partial charge is 0.436 e. The summed E-state index contributed by atoms with van der Waals surface area (Å²) in [4.78, 5) is 30.7. The smallest absolute Gasteiger partial charge is 0.264 e. The van der Waals surface area contributed by atoms with Crippen LogP contribution in [0.2, 0.25) is 0 Å². The van der Waals surface area contributed by atoms with Crippen molar-refractivity contribution in [3.05, 3.63) is 48.2 Å². The average Bonchev–Trinajstić information content (AvgIpc) is 2.74. The number of benzene rings is 1. The number of carbonyl (C=O) groups excluding carboxylic acids is 2. The number of para-hydroxylation sites is 2. The number of hydrogen-bond acceptors (Lipinski definition) is 5. The molecule has 1 aliphatic heterocycles. The second-order valence-corrected chi connectivity index (χ2v) is 5.51. The number of aromatic nitrogens is 1. The van der Waals surface area contributed by atoms with Crippen LogP contribution in [-0.4, -0.2) is 43.6 Å². The molecule has 1 aliphatic rings. The summed E-state index contributed by atoms with van der Waals surface area (Å²) < 4.78 is 10.7. The Labute approximate surface area is 145 Å². The molecule has 0 spiro atoms. The number of anilines is 1. The lowest BCUT2D eigenvalue weighted by atomic mass is 10.2. The Morgan fingerprint density at radius 1 is 1.28 bits per heavy atom. The average molecular weight is 341 g/mol. The minimum Gasteiger partial charge on any atom is -0.436 e. The van der Waals surface area contributed by atoms with E-state index >= 15 is 0 Å². The van der Waals surface area contributed by atoms with Gasteiger partial charge in [0, 0.05) is 26.5 Å². The Hall–Kier alpha value is -2.93. The number of fused-ring (bicyclic) bond motifs is 2. The molecule has 130 valence electrons. The summed E-state index contributed by atoms with van der Waals surface area (Å²) in [5.41, 5.74) is 0.864. The maximum Gasteiger partial charge on any atom is 0.264 e. The summed E-state index contributed by atoms with van der Waals surface area (Å²) in [6, 6.07) is 10.4. The highest BCUT2D eigenvalue weighted by molar-refractivity contribution is 6.11. The second-order valence-electron chi connectivity index (χ2n) is 5.51. The lowest BCUT2D eigenvalue weighted by Crippen LogP contribution is -2.41. The van der Waals surface area contributed by atoms with Gasteiger partial charge >= 0.3 is 0 Å². The van der Waals surface area contributed by atoms with Crippen LogP contribution in [-0.2, 0) is 9.53 Å². The van der Waals surface area contributed by atoms with Gasteiger partial charge in [-0.2, -0.15) is 0 Å². The van der Waals surface area contributed by atoms with Crippen molar-refractivity contribution in [2.45, 2.75) is 6.42 Å². The summed E-state index contributed by atoms with van der Waals surface area (Å²) in [6.07, 6.45) is 2.27. The first-order chi connectivity index (χ1) is 12.2. The van der Waals surface area contributed by atoms with Gasteiger partial charge in [0.15, 0.2) is 5.75 Å². The summed E-state index contributed by atoms with van der Waals surface area (Å²) >= 11 is 0. The van der Waals surface area contributed by atoms with Gasteiger partial charge in [0.2, 0.25) is 11.8 Å². The molecule has 7 heteroatoms. The van der Waals surface area contributed by atoms with E-state index in [1.165, 1.54) is 4.90 Å². The first-order valence-electron chi connectivity index (χ1n) is 8.00. The lowest BCUT2D eigenvalue weighted by Gasteiger charge is -2.21. The van der Waals surface area contributed by atoms with E-state index in [1.807, 2.05) is 0 Å². The van der Waals surface area contributed by atoms with Gasteiger partial charge < -0.3 is 14.8 Å². The molecule has 25 heavy (non-hydrogen) atoms. The summed E-state index contributed by atoms with van der Waals surface area (Å²) in [5.74, 6) is 0.162. The van der Waals surface area contributed by atoms with Crippen molar-refractivity contribution in [3.8, 4) is 11.6 Å². The Balaban J connectivity index is 1.84. The zero-order valence-electron chi connectivity index (χ0n) is 13.9. The maximum atomic E-state index is 12.9. The predicted molar refractivity (Wildman–Crippen MR) is 91.9 cm³/mol. The van der Waals surface area contributed by atoms with Crippen molar-refractivity contribution < 1.29 is 19.1 Å². The number of amides is 2. The number of ether oxygens (including phenoxy) is 2. The van der Waals surface area contributed by atoms with Gasteiger partial charge in [-0.25, -0.2) is 4.98 Å². The molecule has 0 unspecified atom stereocenters. The van der Waals surface area contributed by atoms with Crippen molar-refractivity contribution in [3.63, 3.8) is 0 Å². The highest BCUT2D eigenvalue weighted by atomic mass is 16.5. The molecule has 0 saturated carbocycles. The van der Waals surface area contributed by atoms with Crippen molar-refractivity contribution in [2.75, 3.05) is 31.7 Å². The topological polar surface area (TPSA) is 80.8 Å². The van der Waals surface area contributed by atoms with Gasteiger partial charge in [-0.15, -0.1) is 0 Å². The molecule has 0 bridgehead atoms. The van der Waals surface area contributed by atoms with Crippen LogP contribution in [0, 0.1) is 0 Å². The highest BCUT2D eigenvalue weighted by Gasteiger charge is 2.29. The van der Waals surface area contributed by atoms with Crippen molar-refractivity contribution in [2.24, 2.45) is 0 Å². The molecule has 1 aromatic carbocycles. The molecular weight excluding hydrogens is 322 g/mol. The van der Waals surface area contributed by atoms with Gasteiger partial charge in [-0.1, -0.05) is 12.1 Å². The fraction of sp³-hybridized carbons (Fsp3) is 0.278. The molecule has 2 heterocycles. The zero-order chi connectivity index (χ0) is 17.6.